The molecular weight excluding hydrogens is 381 g/mol. The molecule has 0 bridgehead atoms. The van der Waals surface area contributed by atoms with Gasteiger partial charge in [0.25, 0.3) is 0 Å². The van der Waals surface area contributed by atoms with Gasteiger partial charge < -0.3 is 4.90 Å². The maximum Gasteiger partial charge on any atom is 0.471 e. The van der Waals surface area contributed by atoms with Gasteiger partial charge in [-0.15, -0.1) is 11.6 Å². The van der Waals surface area contributed by atoms with Crippen LogP contribution < -0.4 is 10.0 Å². The van der Waals surface area contributed by atoms with Crippen molar-refractivity contribution in [3.63, 3.8) is 0 Å². The van der Waals surface area contributed by atoms with E-state index < -0.39 is 28.0 Å². The van der Waals surface area contributed by atoms with Crippen molar-refractivity contribution in [2.75, 3.05) is 17.3 Å². The summed E-state index contributed by atoms with van der Waals surface area (Å²) in [6.45, 7) is -0.187. The highest BCUT2D eigenvalue weighted by atomic mass is 35.5. The van der Waals surface area contributed by atoms with E-state index in [-0.39, 0.29) is 23.0 Å². The Labute approximate surface area is 146 Å². The maximum atomic E-state index is 12.8. The molecule has 2 aromatic rings. The van der Waals surface area contributed by atoms with E-state index in [0.717, 1.165) is 0 Å². The number of carbonyl (C=O) groups is 1. The second-order valence-corrected chi connectivity index (χ2v) is 7.56. The summed E-state index contributed by atoms with van der Waals surface area (Å²) in [5.41, 5.74) is 0.620. The topological polar surface area (TPSA) is 80.5 Å². The van der Waals surface area contributed by atoms with Gasteiger partial charge in [-0.3, -0.25) is 4.79 Å². The molecule has 0 saturated carbocycles. The molecule has 25 heavy (non-hydrogen) atoms. The van der Waals surface area contributed by atoms with Gasteiger partial charge in [0, 0.05) is 24.0 Å². The molecule has 2 N–H and O–H groups in total. The first-order valence-electron chi connectivity index (χ1n) is 7.08. The fourth-order valence-corrected chi connectivity index (χ4v) is 3.84. The smallest absolute Gasteiger partial charge is 0.304 e. The molecule has 0 radical (unpaired) electrons. The molecular formula is C15H12ClF3N2O3S. The number of carbonyl (C=O) groups excluding carboxylic acids is 1. The Kier molecular flexibility index (Phi) is 4.21. The van der Waals surface area contributed by atoms with E-state index in [4.69, 9.17) is 16.7 Å². The summed E-state index contributed by atoms with van der Waals surface area (Å²) in [7, 11) is -3.91. The lowest BCUT2D eigenvalue weighted by Gasteiger charge is -2.19. The molecule has 3 rings (SSSR count). The summed E-state index contributed by atoms with van der Waals surface area (Å²) in [5, 5.41) is 6.12. The van der Waals surface area contributed by atoms with Crippen LogP contribution in [0.1, 0.15) is 11.5 Å². The normalized spacial score (nSPS) is 17.8. The second-order valence-electron chi connectivity index (χ2n) is 5.69. The number of nitrogens with two attached hydrogens (primary N) is 1. The van der Waals surface area contributed by atoms with E-state index in [9.17, 15) is 26.4 Å². The number of halogens is 4. The molecule has 2 aromatic carbocycles. The average Bonchev–Trinajstić information content (AvgIpc) is 2.90. The van der Waals surface area contributed by atoms with Gasteiger partial charge in [0.1, 0.15) is 0 Å². The third-order valence-corrected chi connectivity index (χ3v) is 5.40. The van der Waals surface area contributed by atoms with Gasteiger partial charge in [-0.1, -0.05) is 12.1 Å². The van der Waals surface area contributed by atoms with Crippen molar-refractivity contribution in [1.82, 2.24) is 0 Å². The Bertz CT molecular complexity index is 976. The maximum absolute atomic E-state index is 12.8. The van der Waals surface area contributed by atoms with Gasteiger partial charge >= 0.3 is 12.1 Å². The summed E-state index contributed by atoms with van der Waals surface area (Å²) < 4.78 is 61.4. The SMILES string of the molecule is NS(=O)(=O)c1ccc2c3c(ccc2c1)N(C(=O)C(F)(F)F)CC3CCl. The molecule has 0 aromatic heterocycles. The van der Waals surface area contributed by atoms with Crippen LogP contribution in [0.5, 0.6) is 0 Å². The second kappa shape index (κ2) is 5.86. The van der Waals surface area contributed by atoms with Crippen LogP contribution in [0.3, 0.4) is 0 Å². The van der Waals surface area contributed by atoms with Gasteiger partial charge in [-0.05, 0) is 34.5 Å². The summed E-state index contributed by atoms with van der Waals surface area (Å²) in [6.07, 6.45) is -5.00. The van der Waals surface area contributed by atoms with Crippen LogP contribution in [0.4, 0.5) is 18.9 Å². The lowest BCUT2D eigenvalue weighted by molar-refractivity contribution is -0.170. The molecule has 1 aliphatic heterocycles. The van der Waals surface area contributed by atoms with Crippen molar-refractivity contribution in [3.05, 3.63) is 35.9 Å². The van der Waals surface area contributed by atoms with E-state index in [2.05, 4.69) is 0 Å². The molecule has 134 valence electrons. The van der Waals surface area contributed by atoms with Crippen molar-refractivity contribution in [2.24, 2.45) is 5.14 Å². The van der Waals surface area contributed by atoms with Crippen LogP contribution in [-0.4, -0.2) is 32.9 Å². The predicted molar refractivity (Wildman–Crippen MR) is 87.2 cm³/mol. The number of hydrogen-bond donors (Lipinski definition) is 1. The molecule has 10 heteroatoms. The van der Waals surface area contributed by atoms with Crippen molar-refractivity contribution >= 4 is 44.0 Å². The van der Waals surface area contributed by atoms with E-state index >= 15 is 0 Å². The highest BCUT2D eigenvalue weighted by molar-refractivity contribution is 7.89. The fraction of sp³-hybridized carbons (Fsp3) is 0.267. The number of nitrogens with zero attached hydrogens (tertiary/aromatic N) is 1. The summed E-state index contributed by atoms with van der Waals surface area (Å²) >= 11 is 5.89. The number of alkyl halides is 4. The zero-order valence-electron chi connectivity index (χ0n) is 12.5. The molecule has 1 unspecified atom stereocenters. The highest BCUT2D eigenvalue weighted by Gasteiger charge is 2.46. The highest BCUT2D eigenvalue weighted by Crippen LogP contribution is 2.43. The molecule has 0 aliphatic carbocycles. The number of rotatable bonds is 2. The van der Waals surface area contributed by atoms with Crippen molar-refractivity contribution in [2.45, 2.75) is 17.0 Å². The lowest BCUT2D eigenvalue weighted by Crippen LogP contribution is -2.40. The van der Waals surface area contributed by atoms with E-state index in [0.29, 0.717) is 21.2 Å². The van der Waals surface area contributed by atoms with Gasteiger partial charge in [-0.2, -0.15) is 13.2 Å². The number of sulfonamides is 1. The zero-order chi connectivity index (χ0) is 18.6. The number of benzene rings is 2. The third-order valence-electron chi connectivity index (χ3n) is 4.11. The predicted octanol–water partition coefficient (Wildman–Crippen LogP) is 2.72. The third kappa shape index (κ3) is 3.07. The minimum atomic E-state index is -5.00. The number of anilines is 1. The van der Waals surface area contributed by atoms with Gasteiger partial charge in [0.15, 0.2) is 0 Å². The minimum Gasteiger partial charge on any atom is -0.304 e. The quantitative estimate of drug-likeness (QED) is 0.798. The molecule has 1 amide bonds. The Balaban J connectivity index is 2.20. The fourth-order valence-electron chi connectivity index (χ4n) is 3.04. The van der Waals surface area contributed by atoms with Crippen LogP contribution in [0.25, 0.3) is 10.8 Å². The van der Waals surface area contributed by atoms with Gasteiger partial charge in [0.05, 0.1) is 4.90 Å². The first kappa shape index (κ1) is 18.0. The summed E-state index contributed by atoms with van der Waals surface area (Å²) in [4.78, 5) is 12.2. The number of fused-ring (bicyclic) bond motifs is 3. The van der Waals surface area contributed by atoms with Crippen molar-refractivity contribution in [3.8, 4) is 0 Å². The molecule has 1 heterocycles. The average molecular weight is 393 g/mol. The van der Waals surface area contributed by atoms with Crippen molar-refractivity contribution in [1.29, 1.82) is 0 Å². The largest absolute Gasteiger partial charge is 0.471 e. The zero-order valence-corrected chi connectivity index (χ0v) is 14.1. The Morgan fingerprint density at radius 3 is 2.52 bits per heavy atom. The molecule has 0 fully saturated rings. The van der Waals surface area contributed by atoms with Crippen molar-refractivity contribution < 1.29 is 26.4 Å². The first-order valence-corrected chi connectivity index (χ1v) is 9.16. The Morgan fingerprint density at radius 1 is 1.28 bits per heavy atom. The molecule has 0 saturated heterocycles. The first-order chi connectivity index (χ1) is 11.5. The van der Waals surface area contributed by atoms with Crippen LogP contribution in [0.15, 0.2) is 35.2 Å². The van der Waals surface area contributed by atoms with Gasteiger partial charge in [-0.25, -0.2) is 13.6 Å². The van der Waals surface area contributed by atoms with E-state index in [1.54, 1.807) is 0 Å². The molecule has 1 atom stereocenters. The standard InChI is InChI=1S/C15H12ClF3N2O3S/c16-6-9-7-21(14(22)15(17,18)19)12-4-1-8-5-10(25(20,23)24)2-3-11(8)13(9)12/h1-5,9H,6-7H2,(H2,20,23,24). The van der Waals surface area contributed by atoms with Crippen LogP contribution in [0, 0.1) is 0 Å². The van der Waals surface area contributed by atoms with Crippen LogP contribution in [0.2, 0.25) is 0 Å². The number of primary sulfonamides is 1. The molecule has 1 aliphatic rings. The van der Waals surface area contributed by atoms with E-state index in [1.807, 2.05) is 0 Å². The Morgan fingerprint density at radius 2 is 1.96 bits per heavy atom. The van der Waals surface area contributed by atoms with E-state index in [1.165, 1.54) is 30.3 Å². The monoisotopic (exact) mass is 392 g/mol. The molecule has 0 spiro atoms. The molecule has 5 nitrogen and oxygen atoms in total. The van der Waals surface area contributed by atoms with Crippen LogP contribution >= 0.6 is 11.6 Å². The summed E-state index contributed by atoms with van der Waals surface area (Å²) in [6, 6.07) is 6.90. The minimum absolute atomic E-state index is 0.0185. The van der Waals surface area contributed by atoms with Crippen LogP contribution in [-0.2, 0) is 14.8 Å². The number of hydrogen-bond acceptors (Lipinski definition) is 3. The van der Waals surface area contributed by atoms with Gasteiger partial charge in [0.2, 0.25) is 10.0 Å². The lowest BCUT2D eigenvalue weighted by atomic mass is 9.96. The Hall–Kier alpha value is -1.84. The summed E-state index contributed by atoms with van der Waals surface area (Å²) in [5.74, 6) is -2.43. The number of amides is 1.